The third-order valence-electron chi connectivity index (χ3n) is 2.06. The Hall–Kier alpha value is -0.470. The van der Waals surface area contributed by atoms with Gasteiger partial charge in [-0.15, -0.1) is 0 Å². The Balaban J connectivity index is 4.08. The van der Waals surface area contributed by atoms with Crippen molar-refractivity contribution in [2.24, 2.45) is 5.92 Å². The quantitative estimate of drug-likeness (QED) is 0.670. The zero-order valence-corrected chi connectivity index (χ0v) is 9.79. The van der Waals surface area contributed by atoms with Gasteiger partial charge in [0, 0.05) is 13.5 Å². The van der Waals surface area contributed by atoms with Crippen molar-refractivity contribution in [1.82, 2.24) is 0 Å². The fraction of sp³-hybridized carbons (Fsp3) is 0.889. The van der Waals surface area contributed by atoms with Gasteiger partial charge in [-0.25, -0.2) is 0 Å². The number of aliphatic carboxylic acids is 1. The molecule has 3 atom stereocenters. The van der Waals surface area contributed by atoms with Crippen molar-refractivity contribution in [3.8, 4) is 0 Å². The second-order valence-corrected chi connectivity index (χ2v) is 5.02. The molecule has 1 N–H and O–H groups in total. The van der Waals surface area contributed by atoms with Gasteiger partial charge >= 0.3 is 13.8 Å². The van der Waals surface area contributed by atoms with Crippen LogP contribution in [0.5, 0.6) is 0 Å². The van der Waals surface area contributed by atoms with Gasteiger partial charge in [-0.05, 0) is 13.3 Å². The molecule has 4 nitrogen and oxygen atoms in total. The molecule has 0 saturated carbocycles. The van der Waals surface area contributed by atoms with E-state index in [9.17, 15) is 9.36 Å². The molecule has 0 aromatic rings. The molecule has 0 amide bonds. The standard InChI is InChI=1S/C9H17O4P/c1-4-8(9(10)11)6-14(12)7(3)13-5-2/h7-8H,4-6H2,1-3H3/p+1. The highest BCUT2D eigenvalue weighted by Gasteiger charge is 2.32. The first-order valence-electron chi connectivity index (χ1n) is 4.81. The Labute approximate surface area is 85.4 Å². The van der Waals surface area contributed by atoms with Crippen LogP contribution in [0, 0.1) is 5.92 Å². The van der Waals surface area contributed by atoms with E-state index in [1.165, 1.54) is 0 Å². The highest BCUT2D eigenvalue weighted by atomic mass is 31.1. The topological polar surface area (TPSA) is 63.6 Å². The van der Waals surface area contributed by atoms with Crippen LogP contribution in [0.2, 0.25) is 0 Å². The van der Waals surface area contributed by atoms with Crippen LogP contribution in [0.3, 0.4) is 0 Å². The summed E-state index contributed by atoms with van der Waals surface area (Å²) in [6.07, 6.45) is 0.720. The third-order valence-corrected chi connectivity index (χ3v) is 3.82. The molecule has 82 valence electrons. The van der Waals surface area contributed by atoms with Crippen LogP contribution in [-0.4, -0.2) is 29.7 Å². The lowest BCUT2D eigenvalue weighted by Crippen LogP contribution is -2.17. The average molecular weight is 221 g/mol. The number of hydrogen-bond acceptors (Lipinski definition) is 3. The molecular weight excluding hydrogens is 203 g/mol. The summed E-state index contributed by atoms with van der Waals surface area (Å²) in [6, 6.07) is 0. The minimum Gasteiger partial charge on any atom is -0.481 e. The van der Waals surface area contributed by atoms with Gasteiger partial charge in [0.1, 0.15) is 5.92 Å². The molecule has 0 radical (unpaired) electrons. The first kappa shape index (κ1) is 13.5. The maximum absolute atomic E-state index is 11.6. The second-order valence-electron chi connectivity index (χ2n) is 3.10. The van der Waals surface area contributed by atoms with E-state index in [-0.39, 0.29) is 12.0 Å². The highest BCUT2D eigenvalue weighted by Crippen LogP contribution is 2.32. The molecular formula is C9H18O4P+. The SMILES string of the molecule is CCOC(C)[P+](=O)CC(CC)C(=O)O. The predicted octanol–water partition coefficient (Wildman–Crippen LogP) is 2.31. The summed E-state index contributed by atoms with van der Waals surface area (Å²) in [5.74, 6) is -1.73. The first-order valence-corrected chi connectivity index (χ1v) is 6.32. The molecule has 0 saturated heterocycles. The van der Waals surface area contributed by atoms with Gasteiger partial charge in [0.15, 0.2) is 6.16 Å². The number of rotatable bonds is 7. The summed E-state index contributed by atoms with van der Waals surface area (Å²) >= 11 is 0. The van der Waals surface area contributed by atoms with Crippen molar-refractivity contribution in [2.45, 2.75) is 33.0 Å². The largest absolute Gasteiger partial charge is 0.481 e. The van der Waals surface area contributed by atoms with Crippen molar-refractivity contribution in [3.05, 3.63) is 0 Å². The Morgan fingerprint density at radius 3 is 2.43 bits per heavy atom. The normalized spacial score (nSPS) is 16.1. The second kappa shape index (κ2) is 6.91. The monoisotopic (exact) mass is 221 g/mol. The van der Waals surface area contributed by atoms with Gasteiger partial charge in [-0.1, -0.05) is 11.5 Å². The summed E-state index contributed by atoms with van der Waals surface area (Å²) in [4.78, 5) is 10.7. The Kier molecular flexibility index (Phi) is 6.67. The first-order chi connectivity index (χ1) is 6.52. The van der Waals surface area contributed by atoms with Crippen molar-refractivity contribution in [2.75, 3.05) is 12.8 Å². The number of ether oxygens (including phenoxy) is 1. The van der Waals surface area contributed by atoms with Gasteiger partial charge in [0.25, 0.3) is 5.85 Å². The molecule has 5 heteroatoms. The minimum absolute atomic E-state index is 0.211. The third kappa shape index (κ3) is 4.68. The molecule has 0 aliphatic carbocycles. The van der Waals surface area contributed by atoms with E-state index in [1.54, 1.807) is 13.8 Å². The number of carbonyl (C=O) groups is 1. The van der Waals surface area contributed by atoms with Crippen LogP contribution in [0.4, 0.5) is 0 Å². The van der Waals surface area contributed by atoms with E-state index in [4.69, 9.17) is 9.84 Å². The molecule has 0 aliphatic rings. The number of carboxylic acids is 1. The molecule has 14 heavy (non-hydrogen) atoms. The van der Waals surface area contributed by atoms with Crippen molar-refractivity contribution < 1.29 is 19.2 Å². The fourth-order valence-corrected chi connectivity index (χ4v) is 2.53. The van der Waals surface area contributed by atoms with E-state index in [1.807, 2.05) is 6.92 Å². The summed E-state index contributed by atoms with van der Waals surface area (Å²) < 4.78 is 16.7. The summed E-state index contributed by atoms with van der Waals surface area (Å²) in [5.41, 5.74) is 0. The Morgan fingerprint density at radius 1 is 1.50 bits per heavy atom. The molecule has 0 aromatic carbocycles. The lowest BCUT2D eigenvalue weighted by Gasteiger charge is -2.05. The van der Waals surface area contributed by atoms with Crippen LogP contribution in [0.1, 0.15) is 27.2 Å². The van der Waals surface area contributed by atoms with E-state index < -0.39 is 19.7 Å². The summed E-state index contributed by atoms with van der Waals surface area (Å²) in [7, 11) is -1.58. The number of hydrogen-bond donors (Lipinski definition) is 1. The lowest BCUT2D eigenvalue weighted by atomic mass is 10.1. The zero-order chi connectivity index (χ0) is 11.1. The zero-order valence-electron chi connectivity index (χ0n) is 8.90. The van der Waals surface area contributed by atoms with Gasteiger partial charge in [0.2, 0.25) is 0 Å². The molecule has 0 fully saturated rings. The fourth-order valence-electron chi connectivity index (χ4n) is 1.07. The van der Waals surface area contributed by atoms with Crippen LogP contribution >= 0.6 is 7.80 Å². The molecule has 3 unspecified atom stereocenters. The molecule has 0 aromatic heterocycles. The molecule has 0 bridgehead atoms. The van der Waals surface area contributed by atoms with Gasteiger partial charge in [-0.2, -0.15) is 0 Å². The predicted molar refractivity (Wildman–Crippen MR) is 55.0 cm³/mol. The van der Waals surface area contributed by atoms with Crippen LogP contribution in [0.25, 0.3) is 0 Å². The van der Waals surface area contributed by atoms with Gasteiger partial charge in [0.05, 0.1) is 0 Å². The maximum atomic E-state index is 11.6. The van der Waals surface area contributed by atoms with Crippen molar-refractivity contribution >= 4 is 13.8 Å². The molecule has 0 aliphatic heterocycles. The van der Waals surface area contributed by atoms with Crippen LogP contribution in [-0.2, 0) is 14.1 Å². The molecule has 0 spiro atoms. The van der Waals surface area contributed by atoms with E-state index in [0.29, 0.717) is 13.0 Å². The summed E-state index contributed by atoms with van der Waals surface area (Å²) in [5, 5.41) is 8.76. The smallest absolute Gasteiger partial charge is 0.370 e. The van der Waals surface area contributed by atoms with E-state index >= 15 is 0 Å². The van der Waals surface area contributed by atoms with E-state index in [0.717, 1.165) is 0 Å². The minimum atomic E-state index is -1.58. The Bertz CT molecular complexity index is 205. The van der Waals surface area contributed by atoms with E-state index in [2.05, 4.69) is 0 Å². The van der Waals surface area contributed by atoms with Gasteiger partial charge in [-0.3, -0.25) is 4.79 Å². The van der Waals surface area contributed by atoms with Crippen molar-refractivity contribution in [1.29, 1.82) is 0 Å². The number of carboxylic acid groups (broad SMARTS) is 1. The molecule has 0 heterocycles. The summed E-state index contributed by atoms with van der Waals surface area (Å²) in [6.45, 7) is 5.84. The average Bonchev–Trinajstić information content (AvgIpc) is 2.13. The van der Waals surface area contributed by atoms with Crippen molar-refractivity contribution in [3.63, 3.8) is 0 Å². The lowest BCUT2D eigenvalue weighted by molar-refractivity contribution is -0.141. The highest BCUT2D eigenvalue weighted by molar-refractivity contribution is 7.45. The van der Waals surface area contributed by atoms with Crippen LogP contribution in [0.15, 0.2) is 0 Å². The maximum Gasteiger partial charge on any atom is 0.370 e. The van der Waals surface area contributed by atoms with Gasteiger partial charge < -0.3 is 9.84 Å². The molecule has 0 rings (SSSR count). The van der Waals surface area contributed by atoms with Crippen LogP contribution < -0.4 is 0 Å². The Morgan fingerprint density at radius 2 is 2.07 bits per heavy atom.